The van der Waals surface area contributed by atoms with Crippen molar-refractivity contribution in [3.8, 4) is 0 Å². The molecule has 1 fully saturated rings. The Hall–Kier alpha value is -1.51. The SMILES string of the molecule is Cc1ccc(C2(C)CN=C(N)N2C2CCCCCC2)cc1. The van der Waals surface area contributed by atoms with Gasteiger partial charge in [0, 0.05) is 6.04 Å². The largest absolute Gasteiger partial charge is 0.370 e. The highest BCUT2D eigenvalue weighted by atomic mass is 15.4. The average Bonchev–Trinajstić information content (AvgIpc) is 2.68. The van der Waals surface area contributed by atoms with E-state index in [-0.39, 0.29) is 5.54 Å². The minimum atomic E-state index is -0.0766. The van der Waals surface area contributed by atoms with Crippen molar-refractivity contribution in [3.63, 3.8) is 0 Å². The van der Waals surface area contributed by atoms with Crippen LogP contribution in [-0.2, 0) is 5.54 Å². The molecule has 1 aliphatic heterocycles. The molecule has 1 saturated carbocycles. The topological polar surface area (TPSA) is 41.6 Å². The number of guanidine groups is 1. The van der Waals surface area contributed by atoms with E-state index in [1.54, 1.807) is 0 Å². The Morgan fingerprint density at radius 1 is 1.10 bits per heavy atom. The fourth-order valence-corrected chi connectivity index (χ4v) is 3.89. The van der Waals surface area contributed by atoms with Crippen molar-refractivity contribution in [1.29, 1.82) is 0 Å². The summed E-state index contributed by atoms with van der Waals surface area (Å²) in [5, 5.41) is 0. The maximum absolute atomic E-state index is 6.28. The highest BCUT2D eigenvalue weighted by molar-refractivity contribution is 5.81. The zero-order chi connectivity index (χ0) is 14.9. The predicted octanol–water partition coefficient (Wildman–Crippen LogP) is 3.56. The molecule has 0 saturated heterocycles. The molecule has 0 bridgehead atoms. The quantitative estimate of drug-likeness (QED) is 0.844. The van der Waals surface area contributed by atoms with Crippen molar-refractivity contribution in [2.24, 2.45) is 10.7 Å². The fourth-order valence-electron chi connectivity index (χ4n) is 3.89. The van der Waals surface area contributed by atoms with Gasteiger partial charge in [-0.2, -0.15) is 0 Å². The van der Waals surface area contributed by atoms with Gasteiger partial charge in [-0.15, -0.1) is 0 Å². The van der Waals surface area contributed by atoms with Crippen LogP contribution in [0.5, 0.6) is 0 Å². The maximum atomic E-state index is 6.28. The van der Waals surface area contributed by atoms with Crippen LogP contribution < -0.4 is 5.73 Å². The van der Waals surface area contributed by atoms with E-state index < -0.39 is 0 Å². The molecule has 0 amide bonds. The normalized spacial score (nSPS) is 27.5. The molecule has 0 radical (unpaired) electrons. The van der Waals surface area contributed by atoms with Crippen molar-refractivity contribution in [2.75, 3.05) is 6.54 Å². The first-order chi connectivity index (χ1) is 10.1. The summed E-state index contributed by atoms with van der Waals surface area (Å²) in [7, 11) is 0. The van der Waals surface area contributed by atoms with Crippen LogP contribution in [0.25, 0.3) is 0 Å². The number of nitrogens with zero attached hydrogens (tertiary/aromatic N) is 2. The molecule has 1 aliphatic carbocycles. The third-order valence-electron chi connectivity index (χ3n) is 5.19. The summed E-state index contributed by atoms with van der Waals surface area (Å²) in [5.74, 6) is 0.741. The van der Waals surface area contributed by atoms with Crippen LogP contribution in [-0.4, -0.2) is 23.4 Å². The second-order valence-corrected chi connectivity index (χ2v) is 6.83. The molecule has 3 heteroatoms. The molecular weight excluding hydrogens is 258 g/mol. The van der Waals surface area contributed by atoms with E-state index in [9.17, 15) is 0 Å². The van der Waals surface area contributed by atoms with Crippen LogP contribution >= 0.6 is 0 Å². The molecule has 3 rings (SSSR count). The molecule has 1 atom stereocenters. The lowest BCUT2D eigenvalue weighted by atomic mass is 9.88. The molecule has 1 aromatic rings. The van der Waals surface area contributed by atoms with Gasteiger partial charge < -0.3 is 10.6 Å². The van der Waals surface area contributed by atoms with Crippen LogP contribution in [0, 0.1) is 6.92 Å². The van der Waals surface area contributed by atoms with Crippen molar-refractivity contribution < 1.29 is 0 Å². The van der Waals surface area contributed by atoms with E-state index in [2.05, 4.69) is 48.0 Å². The van der Waals surface area contributed by atoms with Crippen LogP contribution in [0.1, 0.15) is 56.6 Å². The predicted molar refractivity (Wildman–Crippen MR) is 88.3 cm³/mol. The third kappa shape index (κ3) is 2.66. The maximum Gasteiger partial charge on any atom is 0.192 e. The molecule has 1 aromatic carbocycles. The average molecular weight is 285 g/mol. The summed E-state index contributed by atoms with van der Waals surface area (Å²) in [6.07, 6.45) is 7.86. The minimum Gasteiger partial charge on any atom is -0.370 e. The Balaban J connectivity index is 1.91. The van der Waals surface area contributed by atoms with Crippen molar-refractivity contribution >= 4 is 5.96 Å². The first kappa shape index (κ1) is 14.4. The zero-order valence-corrected chi connectivity index (χ0v) is 13.3. The van der Waals surface area contributed by atoms with Crippen molar-refractivity contribution in [2.45, 2.75) is 64.0 Å². The second kappa shape index (κ2) is 5.70. The Morgan fingerprint density at radius 3 is 2.33 bits per heavy atom. The second-order valence-electron chi connectivity index (χ2n) is 6.83. The summed E-state index contributed by atoms with van der Waals surface area (Å²) >= 11 is 0. The Labute approximate surface area is 128 Å². The number of nitrogens with two attached hydrogens (primary N) is 1. The standard InChI is InChI=1S/C18H27N3/c1-14-9-11-15(12-10-14)18(2)13-20-17(19)21(18)16-7-5-3-4-6-8-16/h9-12,16H,3-8,13H2,1-2H3,(H2,19,20). The van der Waals surface area contributed by atoms with Gasteiger partial charge in [0.15, 0.2) is 5.96 Å². The summed E-state index contributed by atoms with van der Waals surface area (Å²) in [6.45, 7) is 5.21. The van der Waals surface area contributed by atoms with Gasteiger partial charge in [-0.25, -0.2) is 0 Å². The van der Waals surface area contributed by atoms with Gasteiger partial charge in [-0.05, 0) is 32.3 Å². The van der Waals surface area contributed by atoms with Gasteiger partial charge >= 0.3 is 0 Å². The Morgan fingerprint density at radius 2 is 1.71 bits per heavy atom. The smallest absolute Gasteiger partial charge is 0.192 e. The van der Waals surface area contributed by atoms with E-state index in [1.165, 1.54) is 49.7 Å². The van der Waals surface area contributed by atoms with Crippen molar-refractivity contribution in [1.82, 2.24) is 4.90 Å². The van der Waals surface area contributed by atoms with Crippen LogP contribution in [0.2, 0.25) is 0 Å². The molecule has 3 nitrogen and oxygen atoms in total. The molecule has 114 valence electrons. The van der Waals surface area contributed by atoms with Gasteiger partial charge in [-0.3, -0.25) is 4.99 Å². The van der Waals surface area contributed by atoms with Gasteiger partial charge in [0.25, 0.3) is 0 Å². The van der Waals surface area contributed by atoms with Crippen LogP contribution in [0.4, 0.5) is 0 Å². The van der Waals surface area contributed by atoms with E-state index in [0.717, 1.165) is 12.5 Å². The Kier molecular flexibility index (Phi) is 3.92. The first-order valence-corrected chi connectivity index (χ1v) is 8.28. The van der Waals surface area contributed by atoms with Gasteiger partial charge in [0.2, 0.25) is 0 Å². The van der Waals surface area contributed by atoms with Crippen LogP contribution in [0.3, 0.4) is 0 Å². The van der Waals surface area contributed by atoms with Gasteiger partial charge in [0.05, 0.1) is 12.1 Å². The highest BCUT2D eigenvalue weighted by Crippen LogP contribution is 2.37. The third-order valence-corrected chi connectivity index (χ3v) is 5.19. The lowest BCUT2D eigenvalue weighted by molar-refractivity contribution is 0.152. The van der Waals surface area contributed by atoms with E-state index in [1.807, 2.05) is 0 Å². The number of aryl methyl sites for hydroxylation is 1. The van der Waals surface area contributed by atoms with E-state index in [0.29, 0.717) is 6.04 Å². The number of aliphatic imine (C=N–C) groups is 1. The summed E-state index contributed by atoms with van der Waals surface area (Å²) in [6, 6.07) is 9.42. The summed E-state index contributed by atoms with van der Waals surface area (Å²) in [5.41, 5.74) is 8.84. The van der Waals surface area contributed by atoms with E-state index in [4.69, 9.17) is 5.73 Å². The molecule has 1 unspecified atom stereocenters. The molecule has 1 heterocycles. The summed E-state index contributed by atoms with van der Waals surface area (Å²) in [4.78, 5) is 7.02. The number of benzene rings is 1. The number of hydrogen-bond donors (Lipinski definition) is 1. The molecular formula is C18H27N3. The monoisotopic (exact) mass is 285 g/mol. The molecule has 2 aliphatic rings. The van der Waals surface area contributed by atoms with Gasteiger partial charge in [0.1, 0.15) is 0 Å². The van der Waals surface area contributed by atoms with Crippen LogP contribution in [0.15, 0.2) is 29.3 Å². The highest BCUT2D eigenvalue weighted by Gasteiger charge is 2.43. The first-order valence-electron chi connectivity index (χ1n) is 8.28. The lowest BCUT2D eigenvalue weighted by Gasteiger charge is -2.42. The lowest BCUT2D eigenvalue weighted by Crippen LogP contribution is -2.52. The number of rotatable bonds is 2. The van der Waals surface area contributed by atoms with Gasteiger partial charge in [-0.1, -0.05) is 55.5 Å². The summed E-state index contributed by atoms with van der Waals surface area (Å²) < 4.78 is 0. The molecule has 0 aromatic heterocycles. The Bertz CT molecular complexity index is 512. The minimum absolute atomic E-state index is 0.0766. The van der Waals surface area contributed by atoms with Crippen molar-refractivity contribution in [3.05, 3.63) is 35.4 Å². The molecule has 21 heavy (non-hydrogen) atoms. The fraction of sp³-hybridized carbons (Fsp3) is 0.611. The number of hydrogen-bond acceptors (Lipinski definition) is 3. The molecule has 0 spiro atoms. The zero-order valence-electron chi connectivity index (χ0n) is 13.3. The van der Waals surface area contributed by atoms with E-state index >= 15 is 0 Å². The molecule has 2 N–H and O–H groups in total.